The topological polar surface area (TPSA) is 17.1 Å². The van der Waals surface area contributed by atoms with Crippen molar-refractivity contribution in [3.8, 4) is 0 Å². The quantitative estimate of drug-likeness (QED) is 0.456. The van der Waals surface area contributed by atoms with Crippen LogP contribution in [-0.4, -0.2) is 5.78 Å². The van der Waals surface area contributed by atoms with E-state index < -0.39 is 0 Å². The molecular weight excluding hydrogens is 352 g/mol. The first kappa shape index (κ1) is 21.9. The molecule has 0 aromatic carbocycles. The van der Waals surface area contributed by atoms with Crippen LogP contribution < -0.4 is 0 Å². The molecule has 0 aromatic rings. The third-order valence-corrected chi connectivity index (χ3v) is 10.9. The lowest BCUT2D eigenvalue weighted by Gasteiger charge is -2.59. The lowest BCUT2D eigenvalue weighted by Crippen LogP contribution is -2.52. The van der Waals surface area contributed by atoms with E-state index in [9.17, 15) is 4.79 Å². The summed E-state index contributed by atoms with van der Waals surface area (Å²) >= 11 is 0. The maximum Gasteiger partial charge on any atom is 0.133 e. The van der Waals surface area contributed by atoms with Gasteiger partial charge in [-0.3, -0.25) is 4.79 Å². The van der Waals surface area contributed by atoms with Crippen LogP contribution in [0.25, 0.3) is 0 Å². The van der Waals surface area contributed by atoms with E-state index >= 15 is 0 Å². The Balaban J connectivity index is 1.48. The molecule has 4 fully saturated rings. The van der Waals surface area contributed by atoms with Crippen LogP contribution in [0.2, 0.25) is 0 Å². The van der Waals surface area contributed by atoms with Crippen LogP contribution in [0.5, 0.6) is 0 Å². The summed E-state index contributed by atoms with van der Waals surface area (Å²) < 4.78 is 0. The predicted molar refractivity (Wildman–Crippen MR) is 123 cm³/mol. The molecule has 0 unspecified atom stereocenters. The summed E-state index contributed by atoms with van der Waals surface area (Å²) in [6.45, 7) is 12.6. The van der Waals surface area contributed by atoms with Crippen molar-refractivity contribution in [1.82, 2.24) is 0 Å². The van der Waals surface area contributed by atoms with E-state index in [0.29, 0.717) is 22.5 Å². The first-order chi connectivity index (χ1) is 13.8. The molecule has 0 aromatic heterocycles. The van der Waals surface area contributed by atoms with Gasteiger partial charge in [-0.25, -0.2) is 0 Å². The van der Waals surface area contributed by atoms with Gasteiger partial charge in [-0.1, -0.05) is 53.9 Å². The molecule has 0 radical (unpaired) electrons. The summed E-state index contributed by atoms with van der Waals surface area (Å²) in [7, 11) is 0. The maximum absolute atomic E-state index is 12.3. The lowest BCUT2D eigenvalue weighted by atomic mass is 9.46. The zero-order valence-electron chi connectivity index (χ0n) is 20.1. The van der Waals surface area contributed by atoms with Crippen molar-refractivity contribution in [2.24, 2.45) is 52.3 Å². The number of hydrogen-bond acceptors (Lipinski definition) is 1. The van der Waals surface area contributed by atoms with Gasteiger partial charge in [-0.2, -0.15) is 0 Å². The van der Waals surface area contributed by atoms with Crippen LogP contribution in [-0.2, 0) is 4.79 Å². The molecule has 0 saturated heterocycles. The van der Waals surface area contributed by atoms with Crippen LogP contribution >= 0.6 is 0 Å². The number of carbonyl (C=O) groups excluding carboxylic acids is 1. The second-order valence-electron chi connectivity index (χ2n) is 12.8. The van der Waals surface area contributed by atoms with Crippen LogP contribution in [0.1, 0.15) is 118 Å². The summed E-state index contributed by atoms with van der Waals surface area (Å²) in [6, 6.07) is 0. The van der Waals surface area contributed by atoms with Gasteiger partial charge in [0, 0.05) is 12.8 Å². The molecule has 0 aliphatic heterocycles. The first-order valence-electron chi connectivity index (χ1n) is 13.3. The standard InChI is InChI=1S/C28H48O/c1-19(2)8-6-9-20(3)24-13-14-25-23-12-11-21-18-22(29)10-7-16-27(21,4)26(23)15-17-28(24,25)5/h19-21,23-26H,6-18H2,1-5H3/t20-,21+,23+,24+,25-,26-,27+,28+/m1/s1. The van der Waals surface area contributed by atoms with Gasteiger partial charge in [-0.15, -0.1) is 0 Å². The fraction of sp³-hybridized carbons (Fsp3) is 0.964. The van der Waals surface area contributed by atoms with Gasteiger partial charge >= 0.3 is 0 Å². The molecule has 1 heteroatoms. The van der Waals surface area contributed by atoms with Gasteiger partial charge in [0.1, 0.15) is 5.78 Å². The van der Waals surface area contributed by atoms with Crippen LogP contribution in [0.3, 0.4) is 0 Å². The average molecular weight is 401 g/mol. The first-order valence-corrected chi connectivity index (χ1v) is 13.3. The smallest absolute Gasteiger partial charge is 0.133 e. The zero-order chi connectivity index (χ0) is 20.8. The van der Waals surface area contributed by atoms with Crippen molar-refractivity contribution in [2.45, 2.75) is 118 Å². The average Bonchev–Trinajstić information content (AvgIpc) is 2.92. The fourth-order valence-corrected chi connectivity index (χ4v) is 9.33. The summed E-state index contributed by atoms with van der Waals surface area (Å²) in [5, 5.41) is 0. The Morgan fingerprint density at radius 2 is 1.66 bits per heavy atom. The van der Waals surface area contributed by atoms with Crippen molar-refractivity contribution in [3.05, 3.63) is 0 Å². The van der Waals surface area contributed by atoms with E-state index in [1.165, 1.54) is 64.2 Å². The number of Topliss-reactive ketones (excluding diaryl/α,β-unsaturated/α-hetero) is 1. The molecule has 0 heterocycles. The molecule has 0 amide bonds. The minimum Gasteiger partial charge on any atom is -0.300 e. The molecule has 4 rings (SSSR count). The number of ketones is 1. The highest BCUT2D eigenvalue weighted by Crippen LogP contribution is 2.68. The Morgan fingerprint density at radius 1 is 0.897 bits per heavy atom. The minimum atomic E-state index is 0.456. The molecule has 4 saturated carbocycles. The number of rotatable bonds is 5. The van der Waals surface area contributed by atoms with Gasteiger partial charge in [0.2, 0.25) is 0 Å². The molecule has 0 spiro atoms. The van der Waals surface area contributed by atoms with Crippen molar-refractivity contribution in [3.63, 3.8) is 0 Å². The highest BCUT2D eigenvalue weighted by Gasteiger charge is 2.60. The largest absolute Gasteiger partial charge is 0.300 e. The number of fused-ring (bicyclic) bond motifs is 5. The summed E-state index contributed by atoms with van der Waals surface area (Å²) in [5.41, 5.74) is 1.06. The van der Waals surface area contributed by atoms with Gasteiger partial charge in [-0.05, 0) is 104 Å². The molecule has 166 valence electrons. The Bertz CT molecular complexity index is 593. The summed E-state index contributed by atoms with van der Waals surface area (Å²) in [5.74, 6) is 6.80. The zero-order valence-corrected chi connectivity index (χ0v) is 20.1. The molecular formula is C28H48O. The van der Waals surface area contributed by atoms with Gasteiger partial charge < -0.3 is 0 Å². The van der Waals surface area contributed by atoms with E-state index in [1.54, 1.807) is 0 Å². The Labute approximate surface area is 181 Å². The lowest BCUT2D eigenvalue weighted by molar-refractivity contribution is -0.124. The highest BCUT2D eigenvalue weighted by atomic mass is 16.1. The van der Waals surface area contributed by atoms with Gasteiger partial charge in [0.25, 0.3) is 0 Å². The monoisotopic (exact) mass is 400 g/mol. The van der Waals surface area contributed by atoms with E-state index in [1.807, 2.05) is 0 Å². The highest BCUT2D eigenvalue weighted by molar-refractivity contribution is 5.79. The molecule has 0 N–H and O–H groups in total. The van der Waals surface area contributed by atoms with E-state index in [2.05, 4.69) is 34.6 Å². The Morgan fingerprint density at radius 3 is 2.41 bits per heavy atom. The fourth-order valence-electron chi connectivity index (χ4n) is 9.33. The third kappa shape index (κ3) is 3.87. The van der Waals surface area contributed by atoms with Gasteiger partial charge in [0.15, 0.2) is 0 Å². The van der Waals surface area contributed by atoms with Gasteiger partial charge in [0.05, 0.1) is 0 Å². The van der Waals surface area contributed by atoms with Crippen LogP contribution in [0, 0.1) is 52.3 Å². The number of hydrogen-bond donors (Lipinski definition) is 0. The van der Waals surface area contributed by atoms with E-state index in [4.69, 9.17) is 0 Å². The minimum absolute atomic E-state index is 0.456. The van der Waals surface area contributed by atoms with E-state index in [-0.39, 0.29) is 0 Å². The second kappa shape index (κ2) is 8.31. The maximum atomic E-state index is 12.3. The molecule has 8 atom stereocenters. The molecule has 29 heavy (non-hydrogen) atoms. The van der Waals surface area contributed by atoms with E-state index in [0.717, 1.165) is 54.8 Å². The molecule has 0 bridgehead atoms. The van der Waals surface area contributed by atoms with Crippen LogP contribution in [0.15, 0.2) is 0 Å². The predicted octanol–water partition coefficient (Wildman–Crippen LogP) is 8.07. The van der Waals surface area contributed by atoms with Crippen LogP contribution in [0.4, 0.5) is 0 Å². The second-order valence-corrected chi connectivity index (χ2v) is 12.8. The molecule has 1 nitrogen and oxygen atoms in total. The summed E-state index contributed by atoms with van der Waals surface area (Å²) in [4.78, 5) is 12.3. The normalized spacial score (nSPS) is 46.0. The van der Waals surface area contributed by atoms with Crippen molar-refractivity contribution in [2.75, 3.05) is 0 Å². The summed E-state index contributed by atoms with van der Waals surface area (Å²) in [6.07, 6.45) is 17.2. The molecule has 4 aliphatic rings. The van der Waals surface area contributed by atoms with Crippen molar-refractivity contribution < 1.29 is 4.79 Å². The third-order valence-electron chi connectivity index (χ3n) is 10.9. The number of carbonyl (C=O) groups is 1. The Kier molecular flexibility index (Phi) is 6.27. The SMILES string of the molecule is CC(C)CCC[C@@H](C)[C@@H]1CC[C@@H]2[C@@H]3CC[C@H]4CC(=O)CCC[C@]4(C)[C@@H]3CC[C@]21C. The van der Waals surface area contributed by atoms with Crippen molar-refractivity contribution >= 4 is 5.78 Å². The van der Waals surface area contributed by atoms with Crippen molar-refractivity contribution in [1.29, 1.82) is 0 Å². The molecule has 4 aliphatic carbocycles. The Hall–Kier alpha value is -0.330.